The maximum Gasteiger partial charge on any atom is 0.130 e. The Hall–Kier alpha value is -2.33. The molecule has 1 aliphatic rings. The van der Waals surface area contributed by atoms with E-state index in [1.807, 2.05) is 24.3 Å². The smallest absolute Gasteiger partial charge is 0.130 e. The molecule has 2 N–H and O–H groups in total. The van der Waals surface area contributed by atoms with Crippen molar-refractivity contribution in [2.45, 2.75) is 32.4 Å². The highest BCUT2D eigenvalue weighted by molar-refractivity contribution is 5.72. The predicted molar refractivity (Wildman–Crippen MR) is 102 cm³/mol. The highest BCUT2D eigenvalue weighted by Crippen LogP contribution is 2.31. The first-order valence-electron chi connectivity index (χ1n) is 8.64. The number of benzene rings is 1. The summed E-state index contributed by atoms with van der Waals surface area (Å²) in [6.07, 6.45) is 11.4. The Morgan fingerprint density at radius 2 is 1.96 bits per heavy atom. The van der Waals surface area contributed by atoms with Crippen LogP contribution in [-0.4, -0.2) is 12.7 Å². The fraction of sp³-hybridized carbons (Fsp3) is 0.273. The molecule has 0 radical (unpaired) electrons. The Bertz CT molecular complexity index is 762. The molecule has 0 heterocycles. The van der Waals surface area contributed by atoms with Crippen molar-refractivity contribution >= 4 is 5.57 Å². The zero-order chi connectivity index (χ0) is 19.1. The van der Waals surface area contributed by atoms with E-state index in [9.17, 15) is 13.2 Å². The lowest BCUT2D eigenvalue weighted by atomic mass is 9.90. The van der Waals surface area contributed by atoms with Crippen molar-refractivity contribution in [3.8, 4) is 0 Å². The second-order valence-corrected chi connectivity index (χ2v) is 6.32. The van der Waals surface area contributed by atoms with Crippen LogP contribution in [0.5, 0.6) is 0 Å². The molecular formula is C22H24F3N. The van der Waals surface area contributed by atoms with Crippen molar-refractivity contribution in [3.05, 3.63) is 89.1 Å². The lowest BCUT2D eigenvalue weighted by Gasteiger charge is -2.18. The molecule has 0 bridgehead atoms. The standard InChI is InChI=1S/C22H24F3N/c1-3-4-6-17(14-26)8-5-7-16-9-10-19(22(25)11-16)18-12-20(23)15(2)21(24)13-18/h3,5,7-10,12-13,22H,1,4,6,11,14,26H2,2H3/b7-5+,17-8-. The van der Waals surface area contributed by atoms with Crippen LogP contribution in [0.4, 0.5) is 13.2 Å². The van der Waals surface area contributed by atoms with E-state index in [0.29, 0.717) is 12.1 Å². The quantitative estimate of drug-likeness (QED) is 0.488. The minimum Gasteiger partial charge on any atom is -0.327 e. The summed E-state index contributed by atoms with van der Waals surface area (Å²) < 4.78 is 42.0. The molecule has 0 fully saturated rings. The molecule has 1 aromatic rings. The minimum atomic E-state index is -1.31. The molecule has 1 nitrogen and oxygen atoms in total. The molecular weight excluding hydrogens is 335 g/mol. The number of hydrogen-bond donors (Lipinski definition) is 1. The molecule has 0 aromatic heterocycles. The Morgan fingerprint density at radius 1 is 1.27 bits per heavy atom. The van der Waals surface area contributed by atoms with Gasteiger partial charge in [0.05, 0.1) is 0 Å². The molecule has 0 saturated heterocycles. The number of rotatable bonds is 7. The topological polar surface area (TPSA) is 26.0 Å². The van der Waals surface area contributed by atoms with Gasteiger partial charge in [-0.05, 0) is 48.6 Å². The number of nitrogens with two attached hydrogens (primary N) is 1. The van der Waals surface area contributed by atoms with Gasteiger partial charge in [0.1, 0.15) is 17.8 Å². The Morgan fingerprint density at radius 3 is 2.54 bits per heavy atom. The van der Waals surface area contributed by atoms with Crippen LogP contribution in [0.15, 0.2) is 66.3 Å². The van der Waals surface area contributed by atoms with Gasteiger partial charge in [0.25, 0.3) is 0 Å². The third-order valence-electron chi connectivity index (χ3n) is 4.42. The number of allylic oxidation sites excluding steroid dienone is 8. The maximum absolute atomic E-state index is 14.5. The van der Waals surface area contributed by atoms with Crippen LogP contribution in [0.1, 0.15) is 30.4 Å². The van der Waals surface area contributed by atoms with Gasteiger partial charge in [-0.3, -0.25) is 0 Å². The molecule has 138 valence electrons. The van der Waals surface area contributed by atoms with Crippen LogP contribution < -0.4 is 5.73 Å². The molecule has 0 saturated carbocycles. The SMILES string of the molecule is C=CCC/C(=C/C=C/C1=CC=C(c2cc(F)c(C)c(F)c2)C(F)C1)CN. The molecule has 1 aliphatic carbocycles. The minimum absolute atomic E-state index is 0.0568. The summed E-state index contributed by atoms with van der Waals surface area (Å²) >= 11 is 0. The van der Waals surface area contributed by atoms with Crippen molar-refractivity contribution in [2.75, 3.05) is 6.54 Å². The fourth-order valence-corrected chi connectivity index (χ4v) is 2.75. The second-order valence-electron chi connectivity index (χ2n) is 6.32. The molecule has 0 spiro atoms. The summed E-state index contributed by atoms with van der Waals surface area (Å²) in [6, 6.07) is 2.36. The Balaban J connectivity index is 2.17. The molecule has 0 amide bonds. The predicted octanol–water partition coefficient (Wildman–Crippen LogP) is 5.73. The average Bonchev–Trinajstić information content (AvgIpc) is 2.62. The van der Waals surface area contributed by atoms with Crippen LogP contribution in [-0.2, 0) is 0 Å². The van der Waals surface area contributed by atoms with Crippen LogP contribution in [0, 0.1) is 18.6 Å². The fourth-order valence-electron chi connectivity index (χ4n) is 2.75. The molecule has 26 heavy (non-hydrogen) atoms. The van der Waals surface area contributed by atoms with Crippen molar-refractivity contribution in [2.24, 2.45) is 5.73 Å². The first-order chi connectivity index (χ1) is 12.5. The van der Waals surface area contributed by atoms with Gasteiger partial charge < -0.3 is 5.73 Å². The summed E-state index contributed by atoms with van der Waals surface area (Å²) in [4.78, 5) is 0. The van der Waals surface area contributed by atoms with E-state index in [-0.39, 0.29) is 17.5 Å². The third kappa shape index (κ3) is 5.09. The summed E-state index contributed by atoms with van der Waals surface area (Å²) in [6.45, 7) is 5.51. The van der Waals surface area contributed by atoms with E-state index in [1.165, 1.54) is 19.1 Å². The van der Waals surface area contributed by atoms with Crippen LogP contribution in [0.3, 0.4) is 0 Å². The van der Waals surface area contributed by atoms with Crippen molar-refractivity contribution in [3.63, 3.8) is 0 Å². The molecule has 4 heteroatoms. The van der Waals surface area contributed by atoms with Gasteiger partial charge in [-0.25, -0.2) is 13.2 Å². The van der Waals surface area contributed by atoms with Crippen LogP contribution >= 0.6 is 0 Å². The maximum atomic E-state index is 14.5. The number of halogens is 3. The lowest BCUT2D eigenvalue weighted by molar-refractivity contribution is 0.409. The van der Waals surface area contributed by atoms with Gasteiger partial charge in [0, 0.05) is 18.5 Å². The van der Waals surface area contributed by atoms with E-state index in [4.69, 9.17) is 5.73 Å². The highest BCUT2D eigenvalue weighted by Gasteiger charge is 2.21. The van der Waals surface area contributed by atoms with Gasteiger partial charge in [0.15, 0.2) is 0 Å². The van der Waals surface area contributed by atoms with Crippen molar-refractivity contribution in [1.82, 2.24) is 0 Å². The van der Waals surface area contributed by atoms with Crippen molar-refractivity contribution in [1.29, 1.82) is 0 Å². The van der Waals surface area contributed by atoms with Gasteiger partial charge >= 0.3 is 0 Å². The van der Waals surface area contributed by atoms with Gasteiger partial charge in [-0.2, -0.15) is 0 Å². The Labute approximate surface area is 153 Å². The van der Waals surface area contributed by atoms with Gasteiger partial charge in [-0.15, -0.1) is 6.58 Å². The summed E-state index contributed by atoms with van der Waals surface area (Å²) in [5, 5.41) is 0. The van der Waals surface area contributed by atoms with E-state index >= 15 is 0 Å². The van der Waals surface area contributed by atoms with E-state index < -0.39 is 17.8 Å². The van der Waals surface area contributed by atoms with Gasteiger partial charge in [-0.1, -0.05) is 42.0 Å². The number of alkyl halides is 1. The lowest BCUT2D eigenvalue weighted by Crippen LogP contribution is -2.09. The van der Waals surface area contributed by atoms with Gasteiger partial charge in [0.2, 0.25) is 0 Å². The molecule has 1 unspecified atom stereocenters. The molecule has 1 aromatic carbocycles. The van der Waals surface area contributed by atoms with E-state index in [1.54, 1.807) is 12.2 Å². The normalized spacial score (nSPS) is 18.0. The van der Waals surface area contributed by atoms with E-state index in [0.717, 1.165) is 24.0 Å². The van der Waals surface area contributed by atoms with Crippen LogP contribution in [0.25, 0.3) is 5.57 Å². The molecule has 2 rings (SSSR count). The van der Waals surface area contributed by atoms with Crippen LogP contribution in [0.2, 0.25) is 0 Å². The Kier molecular flexibility index (Phi) is 7.22. The highest BCUT2D eigenvalue weighted by atomic mass is 19.1. The summed E-state index contributed by atoms with van der Waals surface area (Å²) in [5.41, 5.74) is 8.08. The zero-order valence-electron chi connectivity index (χ0n) is 14.9. The molecule has 0 aliphatic heterocycles. The zero-order valence-corrected chi connectivity index (χ0v) is 14.9. The first kappa shape index (κ1) is 20.0. The van der Waals surface area contributed by atoms with E-state index in [2.05, 4.69) is 6.58 Å². The average molecular weight is 359 g/mol. The monoisotopic (exact) mass is 359 g/mol. The molecule has 1 atom stereocenters. The second kappa shape index (κ2) is 9.39. The number of hydrogen-bond acceptors (Lipinski definition) is 1. The summed E-state index contributed by atoms with van der Waals surface area (Å²) in [5.74, 6) is -1.33. The van der Waals surface area contributed by atoms with Crippen molar-refractivity contribution < 1.29 is 13.2 Å². The summed E-state index contributed by atoms with van der Waals surface area (Å²) in [7, 11) is 0. The first-order valence-corrected chi connectivity index (χ1v) is 8.64. The largest absolute Gasteiger partial charge is 0.327 e. The third-order valence-corrected chi connectivity index (χ3v) is 4.42.